The minimum absolute atomic E-state index is 0.0465. The van der Waals surface area contributed by atoms with Crippen molar-refractivity contribution in [2.45, 2.75) is 43.8 Å². The molecule has 1 aliphatic carbocycles. The summed E-state index contributed by atoms with van der Waals surface area (Å²) in [5.41, 5.74) is 1.61. The molecule has 1 aromatic carbocycles. The zero-order valence-corrected chi connectivity index (χ0v) is 20.4. The number of hydrogen-bond acceptors (Lipinski definition) is 7. The first-order chi connectivity index (χ1) is 16.4. The van der Waals surface area contributed by atoms with E-state index in [4.69, 9.17) is 0 Å². The fourth-order valence-corrected chi connectivity index (χ4v) is 5.85. The number of nitrogens with one attached hydrogen (secondary N) is 2. The smallest absolute Gasteiger partial charge is 0.254 e. The predicted octanol–water partition coefficient (Wildman–Crippen LogP) is 3.99. The lowest BCUT2D eigenvalue weighted by Crippen LogP contribution is -2.29. The van der Waals surface area contributed by atoms with Crippen LogP contribution in [0.1, 0.15) is 58.0 Å². The third-order valence-corrected chi connectivity index (χ3v) is 7.82. The molecule has 2 heterocycles. The number of carbonyl (C=O) groups is 2. The van der Waals surface area contributed by atoms with Crippen molar-refractivity contribution in [1.82, 2.24) is 20.1 Å². The van der Waals surface area contributed by atoms with Crippen molar-refractivity contribution in [3.05, 3.63) is 57.5 Å². The van der Waals surface area contributed by atoms with E-state index in [2.05, 4.69) is 26.9 Å². The summed E-state index contributed by atoms with van der Waals surface area (Å²) >= 11 is 2.69. The Morgan fingerprint density at radius 1 is 1.29 bits per heavy atom. The summed E-state index contributed by atoms with van der Waals surface area (Å²) in [6.07, 6.45) is 4.00. The van der Waals surface area contributed by atoms with Crippen LogP contribution in [0.2, 0.25) is 0 Å². The lowest BCUT2D eigenvalue weighted by atomic mass is 9.96. The summed E-state index contributed by atoms with van der Waals surface area (Å²) in [5.74, 6) is -0.807. The van der Waals surface area contributed by atoms with E-state index in [1.165, 1.54) is 46.2 Å². The SMILES string of the molecule is C[C@@H](NC(=O)c1ccccc1F)c1nnc(SCC(=O)Nc2sc3c(c2C#N)CCCC3)n1C. The van der Waals surface area contributed by atoms with Gasteiger partial charge in [0.1, 0.15) is 16.9 Å². The maximum atomic E-state index is 13.9. The molecule has 0 unspecified atom stereocenters. The van der Waals surface area contributed by atoms with Crippen LogP contribution in [0, 0.1) is 17.1 Å². The highest BCUT2D eigenvalue weighted by Crippen LogP contribution is 2.37. The highest BCUT2D eigenvalue weighted by molar-refractivity contribution is 7.99. The number of halogens is 1. The zero-order valence-electron chi connectivity index (χ0n) is 18.7. The number of thioether (sulfide) groups is 1. The summed E-state index contributed by atoms with van der Waals surface area (Å²) in [5, 5.41) is 24.5. The number of amides is 2. The van der Waals surface area contributed by atoms with Crippen LogP contribution in [0.5, 0.6) is 0 Å². The fourth-order valence-electron chi connectivity index (χ4n) is 3.88. The van der Waals surface area contributed by atoms with Crippen LogP contribution in [0.25, 0.3) is 0 Å². The molecular weight excluding hydrogens is 475 g/mol. The van der Waals surface area contributed by atoms with Crippen molar-refractivity contribution in [3.8, 4) is 6.07 Å². The topological polar surface area (TPSA) is 113 Å². The van der Waals surface area contributed by atoms with Crippen LogP contribution in [0.4, 0.5) is 9.39 Å². The van der Waals surface area contributed by atoms with E-state index >= 15 is 0 Å². The quantitative estimate of drug-likeness (QED) is 0.477. The average Bonchev–Trinajstić information content (AvgIpc) is 3.37. The number of hydrogen-bond donors (Lipinski definition) is 2. The van der Waals surface area contributed by atoms with Gasteiger partial charge in [-0.3, -0.25) is 9.59 Å². The van der Waals surface area contributed by atoms with Gasteiger partial charge in [0, 0.05) is 11.9 Å². The normalized spacial score (nSPS) is 13.6. The summed E-state index contributed by atoms with van der Waals surface area (Å²) < 4.78 is 15.6. The predicted molar refractivity (Wildman–Crippen MR) is 128 cm³/mol. The second kappa shape index (κ2) is 10.4. The maximum absolute atomic E-state index is 13.9. The monoisotopic (exact) mass is 498 g/mol. The van der Waals surface area contributed by atoms with Gasteiger partial charge in [0.25, 0.3) is 5.91 Å². The van der Waals surface area contributed by atoms with Gasteiger partial charge in [-0.25, -0.2) is 4.39 Å². The molecule has 2 amide bonds. The summed E-state index contributed by atoms with van der Waals surface area (Å²) in [6.45, 7) is 1.73. The number of benzene rings is 1. The van der Waals surface area contributed by atoms with Gasteiger partial charge in [-0.05, 0) is 50.3 Å². The van der Waals surface area contributed by atoms with Crippen molar-refractivity contribution in [2.75, 3.05) is 11.1 Å². The van der Waals surface area contributed by atoms with Crippen LogP contribution in [-0.2, 0) is 24.7 Å². The number of aromatic nitrogens is 3. The Morgan fingerprint density at radius 2 is 2.06 bits per heavy atom. The van der Waals surface area contributed by atoms with Crippen LogP contribution >= 0.6 is 23.1 Å². The van der Waals surface area contributed by atoms with Gasteiger partial charge in [0.2, 0.25) is 5.91 Å². The van der Waals surface area contributed by atoms with Crippen molar-refractivity contribution >= 4 is 39.9 Å². The lowest BCUT2D eigenvalue weighted by molar-refractivity contribution is -0.113. The molecule has 8 nitrogen and oxygen atoms in total. The van der Waals surface area contributed by atoms with Crippen LogP contribution in [0.15, 0.2) is 29.4 Å². The molecular formula is C23H23FN6O2S2. The van der Waals surface area contributed by atoms with Gasteiger partial charge in [0.15, 0.2) is 11.0 Å². The molecule has 0 fully saturated rings. The molecule has 3 aromatic rings. The number of fused-ring (bicyclic) bond motifs is 1. The van der Waals surface area contributed by atoms with Gasteiger partial charge in [-0.15, -0.1) is 21.5 Å². The Morgan fingerprint density at radius 3 is 2.82 bits per heavy atom. The zero-order chi connectivity index (χ0) is 24.2. The molecule has 0 radical (unpaired) electrons. The Hall–Kier alpha value is -3.23. The number of anilines is 1. The average molecular weight is 499 g/mol. The summed E-state index contributed by atoms with van der Waals surface area (Å²) in [7, 11) is 1.74. The fraction of sp³-hybridized carbons (Fsp3) is 0.348. The molecule has 2 aromatic heterocycles. The molecule has 11 heteroatoms. The van der Waals surface area contributed by atoms with Crippen molar-refractivity contribution in [1.29, 1.82) is 5.26 Å². The third-order valence-electron chi connectivity index (χ3n) is 5.59. The second-order valence-electron chi connectivity index (χ2n) is 7.94. The molecule has 0 bridgehead atoms. The minimum Gasteiger partial charge on any atom is -0.342 e. The highest BCUT2D eigenvalue weighted by atomic mass is 32.2. The van der Waals surface area contributed by atoms with E-state index in [0.717, 1.165) is 31.2 Å². The largest absolute Gasteiger partial charge is 0.342 e. The molecule has 0 spiro atoms. The van der Waals surface area contributed by atoms with Gasteiger partial charge in [-0.1, -0.05) is 23.9 Å². The molecule has 0 saturated heterocycles. The molecule has 1 atom stereocenters. The van der Waals surface area contributed by atoms with E-state index in [1.807, 2.05) is 0 Å². The molecule has 4 rings (SSSR count). The first-order valence-electron chi connectivity index (χ1n) is 10.8. The van der Waals surface area contributed by atoms with E-state index in [9.17, 15) is 19.2 Å². The van der Waals surface area contributed by atoms with Gasteiger partial charge in [0.05, 0.1) is 22.9 Å². The number of nitrogens with zero attached hydrogens (tertiary/aromatic N) is 4. The number of nitriles is 1. The molecule has 34 heavy (non-hydrogen) atoms. The van der Waals surface area contributed by atoms with E-state index in [0.29, 0.717) is 21.5 Å². The minimum atomic E-state index is -0.599. The van der Waals surface area contributed by atoms with Crippen molar-refractivity contribution < 1.29 is 14.0 Å². The Labute approximate surface area is 204 Å². The standard InChI is InChI=1S/C23H23FN6O2S2/c1-13(26-21(32)15-8-3-5-9-17(15)24)20-28-29-23(30(20)2)33-12-19(31)27-22-16(11-25)14-7-4-6-10-18(14)34-22/h3,5,8-9,13H,4,6-7,10,12H2,1-2H3,(H,26,32)(H,27,31)/t13-/m1/s1. The lowest BCUT2D eigenvalue weighted by Gasteiger charge is -2.14. The molecule has 0 aliphatic heterocycles. The number of carbonyl (C=O) groups excluding carboxylic acids is 2. The molecule has 176 valence electrons. The van der Waals surface area contributed by atoms with Crippen LogP contribution in [-0.4, -0.2) is 32.3 Å². The van der Waals surface area contributed by atoms with Crippen molar-refractivity contribution in [2.24, 2.45) is 7.05 Å². The molecule has 2 N–H and O–H groups in total. The second-order valence-corrected chi connectivity index (χ2v) is 9.99. The van der Waals surface area contributed by atoms with E-state index in [1.54, 1.807) is 24.6 Å². The maximum Gasteiger partial charge on any atom is 0.254 e. The third kappa shape index (κ3) is 4.98. The number of rotatable bonds is 7. The number of aryl methyl sites for hydroxylation is 1. The Balaban J connectivity index is 1.37. The van der Waals surface area contributed by atoms with E-state index < -0.39 is 17.8 Å². The number of thiophene rings is 1. The summed E-state index contributed by atoms with van der Waals surface area (Å²) in [4.78, 5) is 26.2. The highest BCUT2D eigenvalue weighted by Gasteiger charge is 2.23. The van der Waals surface area contributed by atoms with Gasteiger partial charge < -0.3 is 15.2 Å². The first-order valence-corrected chi connectivity index (χ1v) is 12.6. The summed E-state index contributed by atoms with van der Waals surface area (Å²) in [6, 6.07) is 7.47. The van der Waals surface area contributed by atoms with Crippen molar-refractivity contribution in [3.63, 3.8) is 0 Å². The van der Waals surface area contributed by atoms with E-state index in [-0.39, 0.29) is 17.2 Å². The molecule has 1 aliphatic rings. The molecule has 0 saturated carbocycles. The van der Waals surface area contributed by atoms with Crippen LogP contribution < -0.4 is 10.6 Å². The Kier molecular flexibility index (Phi) is 7.29. The Bertz CT molecular complexity index is 1280. The first kappa shape index (κ1) is 23.9. The van der Waals surface area contributed by atoms with Gasteiger partial charge >= 0.3 is 0 Å². The van der Waals surface area contributed by atoms with Crippen LogP contribution in [0.3, 0.4) is 0 Å². The van der Waals surface area contributed by atoms with Gasteiger partial charge in [-0.2, -0.15) is 5.26 Å².